The fraction of sp³-hybridized carbons (Fsp3) is 0.211. The summed E-state index contributed by atoms with van der Waals surface area (Å²) >= 11 is 5.31. The van der Waals surface area contributed by atoms with Crippen LogP contribution >= 0.6 is 12.2 Å². The van der Waals surface area contributed by atoms with Gasteiger partial charge in [0.25, 0.3) is 0 Å². The number of aromatic amines is 1. The van der Waals surface area contributed by atoms with Gasteiger partial charge >= 0.3 is 0 Å². The number of benzene rings is 2. The van der Waals surface area contributed by atoms with Gasteiger partial charge in [-0.1, -0.05) is 12.1 Å². The lowest BCUT2D eigenvalue weighted by Gasteiger charge is -2.06. The van der Waals surface area contributed by atoms with Gasteiger partial charge < -0.3 is 9.47 Å². The molecule has 26 heavy (non-hydrogen) atoms. The van der Waals surface area contributed by atoms with Crippen molar-refractivity contribution in [3.05, 3.63) is 58.9 Å². The molecule has 0 fully saturated rings. The van der Waals surface area contributed by atoms with E-state index in [1.165, 1.54) is 0 Å². The van der Waals surface area contributed by atoms with E-state index in [4.69, 9.17) is 21.7 Å². The van der Waals surface area contributed by atoms with Crippen LogP contribution in [0.2, 0.25) is 0 Å². The monoisotopic (exact) mass is 368 g/mol. The van der Waals surface area contributed by atoms with Gasteiger partial charge in [0.15, 0.2) is 5.82 Å². The minimum atomic E-state index is 0.416. The van der Waals surface area contributed by atoms with E-state index in [1.807, 2.05) is 62.4 Å². The number of H-pyrrole nitrogens is 1. The molecule has 3 aromatic rings. The Balaban J connectivity index is 1.92. The van der Waals surface area contributed by atoms with Crippen molar-refractivity contribution in [2.75, 3.05) is 13.2 Å². The second-order valence-corrected chi connectivity index (χ2v) is 5.72. The van der Waals surface area contributed by atoms with Gasteiger partial charge in [0.2, 0.25) is 4.77 Å². The van der Waals surface area contributed by atoms with Crippen molar-refractivity contribution in [2.45, 2.75) is 13.8 Å². The summed E-state index contributed by atoms with van der Waals surface area (Å²) in [6.45, 7) is 5.12. The Morgan fingerprint density at radius 3 is 2.54 bits per heavy atom. The van der Waals surface area contributed by atoms with Crippen molar-refractivity contribution in [1.82, 2.24) is 14.9 Å². The zero-order valence-electron chi connectivity index (χ0n) is 14.7. The van der Waals surface area contributed by atoms with Gasteiger partial charge in [-0.3, -0.25) is 0 Å². The molecule has 0 amide bonds. The summed E-state index contributed by atoms with van der Waals surface area (Å²) in [6.07, 6.45) is 1.72. The third-order valence-corrected chi connectivity index (χ3v) is 3.87. The number of para-hydroxylation sites is 1. The standard InChI is InChI=1S/C19H20N4O2S/c1-3-24-16-11-9-14(10-12-16)18-21-22-19(26)23(18)20-13-15-7-5-6-8-17(15)25-4-2/h5-13H,3-4H2,1-2H3,(H,22,26)/b20-13-. The van der Waals surface area contributed by atoms with Crippen LogP contribution in [0.25, 0.3) is 11.4 Å². The second-order valence-electron chi connectivity index (χ2n) is 5.34. The first kappa shape index (κ1) is 17.9. The lowest BCUT2D eigenvalue weighted by Crippen LogP contribution is -1.98. The summed E-state index contributed by atoms with van der Waals surface area (Å²) in [4.78, 5) is 0. The molecule has 0 aliphatic heterocycles. The van der Waals surface area contributed by atoms with E-state index in [2.05, 4.69) is 15.3 Å². The molecule has 2 aromatic carbocycles. The Kier molecular flexibility index (Phi) is 5.80. The Morgan fingerprint density at radius 1 is 1.08 bits per heavy atom. The first-order valence-electron chi connectivity index (χ1n) is 8.39. The molecule has 0 bridgehead atoms. The van der Waals surface area contributed by atoms with Crippen molar-refractivity contribution in [3.63, 3.8) is 0 Å². The first-order valence-corrected chi connectivity index (χ1v) is 8.80. The molecule has 0 aliphatic carbocycles. The van der Waals surface area contributed by atoms with E-state index in [0.717, 1.165) is 22.6 Å². The van der Waals surface area contributed by atoms with Crippen molar-refractivity contribution < 1.29 is 9.47 Å². The summed E-state index contributed by atoms with van der Waals surface area (Å²) in [5.74, 6) is 2.21. The number of hydrogen-bond acceptors (Lipinski definition) is 5. The summed E-state index contributed by atoms with van der Waals surface area (Å²) < 4.78 is 13.1. The Morgan fingerprint density at radius 2 is 1.81 bits per heavy atom. The van der Waals surface area contributed by atoms with Crippen LogP contribution in [0.15, 0.2) is 53.6 Å². The summed E-state index contributed by atoms with van der Waals surface area (Å²) in [5, 5.41) is 11.6. The predicted molar refractivity (Wildman–Crippen MR) is 105 cm³/mol. The van der Waals surface area contributed by atoms with Crippen LogP contribution in [-0.2, 0) is 0 Å². The molecule has 1 aromatic heterocycles. The van der Waals surface area contributed by atoms with Crippen LogP contribution in [0, 0.1) is 4.77 Å². The van der Waals surface area contributed by atoms with Crippen LogP contribution in [0.1, 0.15) is 19.4 Å². The van der Waals surface area contributed by atoms with E-state index in [0.29, 0.717) is 23.8 Å². The van der Waals surface area contributed by atoms with E-state index in [1.54, 1.807) is 10.9 Å². The molecule has 1 heterocycles. The molecule has 134 valence electrons. The maximum atomic E-state index is 5.62. The Labute approximate surface area is 157 Å². The van der Waals surface area contributed by atoms with Gasteiger partial charge in [-0.25, -0.2) is 5.10 Å². The van der Waals surface area contributed by atoms with Gasteiger partial charge in [0, 0.05) is 11.1 Å². The summed E-state index contributed by atoms with van der Waals surface area (Å²) in [6, 6.07) is 15.4. The van der Waals surface area contributed by atoms with Crippen LogP contribution in [-0.4, -0.2) is 34.3 Å². The van der Waals surface area contributed by atoms with Gasteiger partial charge in [-0.05, 0) is 62.5 Å². The average molecular weight is 368 g/mol. The van der Waals surface area contributed by atoms with Gasteiger partial charge in [-0.15, -0.1) is 0 Å². The molecule has 0 unspecified atom stereocenters. The third-order valence-electron chi connectivity index (χ3n) is 3.61. The molecule has 7 heteroatoms. The zero-order valence-corrected chi connectivity index (χ0v) is 15.5. The maximum Gasteiger partial charge on any atom is 0.216 e. The molecule has 0 saturated carbocycles. The number of rotatable bonds is 7. The van der Waals surface area contributed by atoms with Gasteiger partial charge in [0.05, 0.1) is 19.4 Å². The molecule has 0 aliphatic rings. The molecule has 0 atom stereocenters. The van der Waals surface area contributed by atoms with Crippen LogP contribution < -0.4 is 9.47 Å². The number of hydrogen-bond donors (Lipinski definition) is 1. The SMILES string of the molecule is CCOc1ccc(-c2n[nH]c(=S)n2/N=C\c2ccccc2OCC)cc1. The van der Waals surface area contributed by atoms with Crippen molar-refractivity contribution in [2.24, 2.45) is 5.10 Å². The summed E-state index contributed by atoms with van der Waals surface area (Å²) in [7, 11) is 0. The van der Waals surface area contributed by atoms with E-state index in [-0.39, 0.29) is 0 Å². The van der Waals surface area contributed by atoms with Crippen molar-refractivity contribution in [3.8, 4) is 22.9 Å². The molecule has 1 N–H and O–H groups in total. The third kappa shape index (κ3) is 4.00. The Bertz CT molecular complexity index is 945. The minimum absolute atomic E-state index is 0.416. The highest BCUT2D eigenvalue weighted by Crippen LogP contribution is 2.21. The number of ether oxygens (including phenoxy) is 2. The quantitative estimate of drug-likeness (QED) is 0.499. The van der Waals surface area contributed by atoms with E-state index < -0.39 is 0 Å². The lowest BCUT2D eigenvalue weighted by atomic mass is 10.2. The van der Waals surface area contributed by atoms with Crippen molar-refractivity contribution >= 4 is 18.4 Å². The number of aromatic nitrogens is 3. The highest BCUT2D eigenvalue weighted by Gasteiger charge is 2.09. The molecule has 6 nitrogen and oxygen atoms in total. The fourth-order valence-corrected chi connectivity index (χ4v) is 2.63. The Hall–Kier alpha value is -2.93. The topological polar surface area (TPSA) is 64.4 Å². The lowest BCUT2D eigenvalue weighted by molar-refractivity contribution is 0.339. The zero-order chi connectivity index (χ0) is 18.4. The van der Waals surface area contributed by atoms with Gasteiger partial charge in [-0.2, -0.15) is 14.9 Å². The largest absolute Gasteiger partial charge is 0.494 e. The van der Waals surface area contributed by atoms with Crippen LogP contribution in [0.4, 0.5) is 0 Å². The molecular weight excluding hydrogens is 348 g/mol. The first-order chi connectivity index (χ1) is 12.7. The van der Waals surface area contributed by atoms with E-state index in [9.17, 15) is 0 Å². The minimum Gasteiger partial charge on any atom is -0.494 e. The molecule has 0 saturated heterocycles. The highest BCUT2D eigenvalue weighted by molar-refractivity contribution is 7.71. The number of nitrogens with one attached hydrogen (secondary N) is 1. The fourth-order valence-electron chi connectivity index (χ4n) is 2.45. The van der Waals surface area contributed by atoms with Crippen molar-refractivity contribution in [1.29, 1.82) is 0 Å². The maximum absolute atomic E-state index is 5.62. The average Bonchev–Trinajstić information content (AvgIpc) is 3.03. The van der Waals surface area contributed by atoms with Gasteiger partial charge in [0.1, 0.15) is 11.5 Å². The predicted octanol–water partition coefficient (Wildman–Crippen LogP) is 4.29. The highest BCUT2D eigenvalue weighted by atomic mass is 32.1. The molecule has 3 rings (SSSR count). The van der Waals surface area contributed by atoms with E-state index >= 15 is 0 Å². The molecule has 0 radical (unpaired) electrons. The summed E-state index contributed by atoms with van der Waals surface area (Å²) in [5.41, 5.74) is 1.76. The second kappa shape index (κ2) is 8.44. The van der Waals surface area contributed by atoms with Crippen LogP contribution in [0.5, 0.6) is 11.5 Å². The number of nitrogens with zero attached hydrogens (tertiary/aromatic N) is 3. The molecule has 0 spiro atoms. The smallest absolute Gasteiger partial charge is 0.216 e. The molecular formula is C19H20N4O2S. The normalized spacial score (nSPS) is 11.0. The van der Waals surface area contributed by atoms with Crippen LogP contribution in [0.3, 0.4) is 0 Å².